The summed E-state index contributed by atoms with van der Waals surface area (Å²) < 4.78 is 41.9. The predicted molar refractivity (Wildman–Crippen MR) is 79.6 cm³/mol. The van der Waals surface area contributed by atoms with E-state index in [-0.39, 0.29) is 11.8 Å². The van der Waals surface area contributed by atoms with Crippen molar-refractivity contribution >= 4 is 11.8 Å². The number of alkyl halides is 3. The zero-order chi connectivity index (χ0) is 15.3. The lowest BCUT2D eigenvalue weighted by Gasteiger charge is -2.27. The van der Waals surface area contributed by atoms with Gasteiger partial charge in [0.15, 0.2) is 0 Å². The van der Waals surface area contributed by atoms with Crippen LogP contribution in [0, 0.1) is 5.92 Å². The molecule has 1 aliphatic heterocycles. The van der Waals surface area contributed by atoms with Crippen LogP contribution in [0.3, 0.4) is 0 Å². The van der Waals surface area contributed by atoms with Crippen molar-refractivity contribution < 1.29 is 17.9 Å². The van der Waals surface area contributed by atoms with E-state index in [1.165, 1.54) is 6.07 Å². The normalized spacial score (nSPS) is 20.5. The van der Waals surface area contributed by atoms with Crippen LogP contribution in [0.25, 0.3) is 0 Å². The molecule has 1 heterocycles. The molecule has 0 radical (unpaired) electrons. The maximum atomic E-state index is 12.6. The summed E-state index contributed by atoms with van der Waals surface area (Å²) in [4.78, 5) is 0. The Balaban J connectivity index is 2.25. The van der Waals surface area contributed by atoms with E-state index in [1.807, 2.05) is 18.7 Å². The fourth-order valence-electron chi connectivity index (χ4n) is 2.60. The molecule has 1 aromatic rings. The molecule has 1 fully saturated rings. The molecular weight excluding hydrogens is 299 g/mol. The van der Waals surface area contributed by atoms with Crippen LogP contribution in [0.4, 0.5) is 13.2 Å². The van der Waals surface area contributed by atoms with Gasteiger partial charge in [0.1, 0.15) is 5.75 Å². The van der Waals surface area contributed by atoms with Crippen molar-refractivity contribution in [1.29, 1.82) is 0 Å². The van der Waals surface area contributed by atoms with Gasteiger partial charge in [-0.2, -0.15) is 11.8 Å². The van der Waals surface area contributed by atoms with Crippen LogP contribution >= 0.6 is 11.8 Å². The third kappa shape index (κ3) is 4.81. The van der Waals surface area contributed by atoms with Crippen LogP contribution in [0.1, 0.15) is 31.4 Å². The predicted octanol–water partition coefficient (Wildman–Crippen LogP) is 4.38. The Morgan fingerprint density at radius 2 is 2.14 bits per heavy atom. The first-order valence-corrected chi connectivity index (χ1v) is 8.32. The van der Waals surface area contributed by atoms with Crippen LogP contribution in [0.15, 0.2) is 24.3 Å². The maximum Gasteiger partial charge on any atom is 0.573 e. The largest absolute Gasteiger partial charge is 0.573 e. The maximum absolute atomic E-state index is 12.6. The standard InChI is InChI=1S/C15H20F3NOS/c1-2-8-19-14(11-7-9-21-10-11)12-5-3-4-6-13(12)20-15(16,17)18/h3-6,11,14,19H,2,7-10H2,1H3. The molecular formula is C15H20F3NOS. The highest BCUT2D eigenvalue weighted by Gasteiger charge is 2.34. The van der Waals surface area contributed by atoms with Gasteiger partial charge < -0.3 is 10.1 Å². The zero-order valence-corrected chi connectivity index (χ0v) is 12.8. The van der Waals surface area contributed by atoms with Crippen molar-refractivity contribution in [2.45, 2.75) is 32.2 Å². The van der Waals surface area contributed by atoms with Gasteiger partial charge in [-0.15, -0.1) is 13.2 Å². The Bertz CT molecular complexity index is 447. The van der Waals surface area contributed by atoms with E-state index in [9.17, 15) is 13.2 Å². The Morgan fingerprint density at radius 3 is 2.76 bits per heavy atom. The molecule has 2 nitrogen and oxygen atoms in total. The summed E-state index contributed by atoms with van der Waals surface area (Å²) in [7, 11) is 0. The lowest BCUT2D eigenvalue weighted by molar-refractivity contribution is -0.275. The summed E-state index contributed by atoms with van der Waals surface area (Å²) in [5.41, 5.74) is 0.607. The molecule has 1 aliphatic rings. The zero-order valence-electron chi connectivity index (χ0n) is 12.0. The van der Waals surface area contributed by atoms with Gasteiger partial charge in [0.05, 0.1) is 0 Å². The quantitative estimate of drug-likeness (QED) is 0.841. The minimum absolute atomic E-state index is 0.0847. The van der Waals surface area contributed by atoms with Crippen molar-refractivity contribution in [2.24, 2.45) is 5.92 Å². The highest BCUT2D eigenvalue weighted by molar-refractivity contribution is 7.99. The molecule has 0 aliphatic carbocycles. The number of hydrogen-bond donors (Lipinski definition) is 1. The van der Waals surface area contributed by atoms with Crippen LogP contribution < -0.4 is 10.1 Å². The van der Waals surface area contributed by atoms with Crippen LogP contribution in [0.5, 0.6) is 5.75 Å². The molecule has 0 saturated carbocycles. The number of para-hydroxylation sites is 1. The fraction of sp³-hybridized carbons (Fsp3) is 0.600. The number of rotatable bonds is 6. The molecule has 2 atom stereocenters. The summed E-state index contributed by atoms with van der Waals surface area (Å²) in [6.45, 7) is 2.83. The molecule has 1 saturated heterocycles. The first-order chi connectivity index (χ1) is 10.0. The summed E-state index contributed by atoms with van der Waals surface area (Å²) in [6, 6.07) is 6.38. The van der Waals surface area contributed by atoms with E-state index in [0.717, 1.165) is 30.9 Å². The van der Waals surface area contributed by atoms with E-state index >= 15 is 0 Å². The number of thioether (sulfide) groups is 1. The molecule has 0 aromatic heterocycles. The van der Waals surface area contributed by atoms with Crippen LogP contribution in [-0.4, -0.2) is 24.4 Å². The lowest BCUT2D eigenvalue weighted by atomic mass is 9.91. The van der Waals surface area contributed by atoms with Gasteiger partial charge in [-0.1, -0.05) is 25.1 Å². The number of benzene rings is 1. The topological polar surface area (TPSA) is 21.3 Å². The highest BCUT2D eigenvalue weighted by Crippen LogP contribution is 2.39. The van der Waals surface area contributed by atoms with E-state index in [4.69, 9.17) is 0 Å². The summed E-state index contributed by atoms with van der Waals surface area (Å²) >= 11 is 1.85. The third-order valence-electron chi connectivity index (χ3n) is 3.53. The molecule has 1 N–H and O–H groups in total. The second-order valence-electron chi connectivity index (χ2n) is 5.14. The van der Waals surface area contributed by atoms with Crippen LogP contribution in [-0.2, 0) is 0 Å². The molecule has 0 bridgehead atoms. The Kier molecular flexibility index (Phi) is 5.81. The Labute approximate surface area is 127 Å². The number of ether oxygens (including phenoxy) is 1. The monoisotopic (exact) mass is 319 g/mol. The summed E-state index contributed by atoms with van der Waals surface area (Å²) in [5.74, 6) is 2.30. The van der Waals surface area contributed by atoms with E-state index in [1.54, 1.807) is 18.2 Å². The second kappa shape index (κ2) is 7.40. The average molecular weight is 319 g/mol. The molecule has 2 unspecified atom stereocenters. The van der Waals surface area contributed by atoms with Gasteiger partial charge in [-0.05, 0) is 42.9 Å². The Hall–Kier alpha value is -0.880. The lowest BCUT2D eigenvalue weighted by Crippen LogP contribution is -2.30. The SMILES string of the molecule is CCCNC(c1ccccc1OC(F)(F)F)C1CCSC1. The van der Waals surface area contributed by atoms with Crippen molar-refractivity contribution in [2.75, 3.05) is 18.1 Å². The van der Waals surface area contributed by atoms with E-state index < -0.39 is 6.36 Å². The van der Waals surface area contributed by atoms with Crippen molar-refractivity contribution in [3.63, 3.8) is 0 Å². The molecule has 0 amide bonds. The number of nitrogens with one attached hydrogen (secondary N) is 1. The van der Waals surface area contributed by atoms with Crippen molar-refractivity contribution in [1.82, 2.24) is 5.32 Å². The molecule has 118 valence electrons. The molecule has 6 heteroatoms. The van der Waals surface area contributed by atoms with Gasteiger partial charge >= 0.3 is 6.36 Å². The van der Waals surface area contributed by atoms with Gasteiger partial charge in [0.2, 0.25) is 0 Å². The fourth-order valence-corrected chi connectivity index (χ4v) is 3.90. The minimum atomic E-state index is -4.66. The molecule has 21 heavy (non-hydrogen) atoms. The molecule has 0 spiro atoms. The first kappa shape index (κ1) is 16.5. The van der Waals surface area contributed by atoms with Crippen molar-refractivity contribution in [3.8, 4) is 5.75 Å². The van der Waals surface area contributed by atoms with Crippen molar-refractivity contribution in [3.05, 3.63) is 29.8 Å². The van der Waals surface area contributed by atoms with E-state index in [0.29, 0.717) is 11.5 Å². The first-order valence-electron chi connectivity index (χ1n) is 7.17. The van der Waals surface area contributed by atoms with Gasteiger partial charge in [-0.3, -0.25) is 0 Å². The minimum Gasteiger partial charge on any atom is -0.405 e. The summed E-state index contributed by atoms with van der Waals surface area (Å²) in [5, 5.41) is 3.39. The smallest absolute Gasteiger partial charge is 0.405 e. The second-order valence-corrected chi connectivity index (χ2v) is 6.29. The highest BCUT2D eigenvalue weighted by atomic mass is 32.2. The molecule has 2 rings (SSSR count). The van der Waals surface area contributed by atoms with Gasteiger partial charge in [0, 0.05) is 11.6 Å². The third-order valence-corrected chi connectivity index (χ3v) is 4.72. The average Bonchev–Trinajstić information content (AvgIpc) is 2.93. The van der Waals surface area contributed by atoms with Crippen LogP contribution in [0.2, 0.25) is 0 Å². The van der Waals surface area contributed by atoms with E-state index in [2.05, 4.69) is 10.1 Å². The Morgan fingerprint density at radius 1 is 1.38 bits per heavy atom. The van der Waals surface area contributed by atoms with Gasteiger partial charge in [-0.25, -0.2) is 0 Å². The number of hydrogen-bond acceptors (Lipinski definition) is 3. The van der Waals surface area contributed by atoms with Gasteiger partial charge in [0.25, 0.3) is 0 Å². The number of halogens is 3. The summed E-state index contributed by atoms with van der Waals surface area (Å²) in [6.07, 6.45) is -2.69. The molecule has 1 aromatic carbocycles.